The molecule has 0 saturated heterocycles. The molecule has 7 heteroatoms. The third-order valence-electron chi connectivity index (χ3n) is 8.21. The molecule has 3 nitrogen and oxygen atoms in total. The third-order valence-corrected chi connectivity index (χ3v) is 8.21. The van der Waals surface area contributed by atoms with E-state index in [4.69, 9.17) is 4.74 Å². The molecule has 198 valence electrons. The predicted molar refractivity (Wildman–Crippen MR) is 130 cm³/mol. The first-order chi connectivity index (χ1) is 17.3. The first-order valence-electron chi connectivity index (χ1n) is 13.2. The van der Waals surface area contributed by atoms with Crippen LogP contribution >= 0.6 is 0 Å². The van der Waals surface area contributed by atoms with E-state index < -0.39 is 29.0 Å². The van der Waals surface area contributed by atoms with E-state index in [0.717, 1.165) is 44.6 Å². The Morgan fingerprint density at radius 2 is 1.33 bits per heavy atom. The van der Waals surface area contributed by atoms with E-state index in [1.807, 2.05) is 0 Å². The lowest BCUT2D eigenvalue weighted by atomic mass is 9.75. The van der Waals surface area contributed by atoms with Crippen molar-refractivity contribution in [3.05, 3.63) is 64.2 Å². The summed E-state index contributed by atoms with van der Waals surface area (Å²) in [4.78, 5) is 0. The molecule has 1 atom stereocenters. The SMILES string of the molecule is CCCC(O)C1CCC(c2ccc(C3CCC(OCc4ccc(O)c(F)c4F)CC3)c(F)c2F)CC1. The molecule has 0 amide bonds. The number of benzene rings is 2. The van der Waals surface area contributed by atoms with Gasteiger partial charge in [0.25, 0.3) is 0 Å². The van der Waals surface area contributed by atoms with Crippen molar-refractivity contribution in [3.8, 4) is 5.75 Å². The van der Waals surface area contributed by atoms with Gasteiger partial charge in [0, 0.05) is 5.56 Å². The molecule has 2 aliphatic carbocycles. The zero-order valence-electron chi connectivity index (χ0n) is 20.8. The molecule has 0 spiro atoms. The summed E-state index contributed by atoms with van der Waals surface area (Å²) in [5, 5.41) is 19.5. The summed E-state index contributed by atoms with van der Waals surface area (Å²) in [6, 6.07) is 5.85. The average Bonchev–Trinajstić information content (AvgIpc) is 2.89. The maximum atomic E-state index is 15.1. The molecule has 0 bridgehead atoms. The fourth-order valence-electron chi connectivity index (χ4n) is 6.00. The van der Waals surface area contributed by atoms with Gasteiger partial charge in [-0.3, -0.25) is 0 Å². The highest BCUT2D eigenvalue weighted by molar-refractivity contribution is 5.32. The van der Waals surface area contributed by atoms with E-state index in [0.29, 0.717) is 36.8 Å². The van der Waals surface area contributed by atoms with Crippen LogP contribution in [-0.4, -0.2) is 22.4 Å². The van der Waals surface area contributed by atoms with Crippen LogP contribution in [0.5, 0.6) is 5.75 Å². The van der Waals surface area contributed by atoms with Gasteiger partial charge in [0.2, 0.25) is 5.82 Å². The van der Waals surface area contributed by atoms with Crippen LogP contribution in [0.4, 0.5) is 17.6 Å². The van der Waals surface area contributed by atoms with E-state index >= 15 is 8.78 Å². The van der Waals surface area contributed by atoms with Gasteiger partial charge < -0.3 is 14.9 Å². The van der Waals surface area contributed by atoms with E-state index in [9.17, 15) is 19.0 Å². The summed E-state index contributed by atoms with van der Waals surface area (Å²) in [6.45, 7) is 1.93. The summed E-state index contributed by atoms with van der Waals surface area (Å²) in [5.74, 6) is -4.54. The normalized spacial score (nSPS) is 25.6. The van der Waals surface area contributed by atoms with Crippen LogP contribution in [0.15, 0.2) is 24.3 Å². The maximum Gasteiger partial charge on any atom is 0.200 e. The minimum atomic E-state index is -1.29. The number of halogens is 4. The lowest BCUT2D eigenvalue weighted by Crippen LogP contribution is -2.25. The predicted octanol–water partition coefficient (Wildman–Crippen LogP) is 7.63. The van der Waals surface area contributed by atoms with Crippen LogP contribution in [0.2, 0.25) is 0 Å². The molecule has 2 aromatic carbocycles. The number of hydrogen-bond donors (Lipinski definition) is 2. The third kappa shape index (κ3) is 5.88. The van der Waals surface area contributed by atoms with Crippen LogP contribution in [0.1, 0.15) is 99.7 Å². The second-order valence-corrected chi connectivity index (χ2v) is 10.5. The van der Waals surface area contributed by atoms with Crippen molar-refractivity contribution >= 4 is 0 Å². The Labute approximate surface area is 210 Å². The van der Waals surface area contributed by atoms with Gasteiger partial charge in [0.15, 0.2) is 23.2 Å². The van der Waals surface area contributed by atoms with Crippen molar-refractivity contribution in [2.75, 3.05) is 0 Å². The molecule has 4 rings (SSSR count). The summed E-state index contributed by atoms with van der Waals surface area (Å²) in [5.41, 5.74) is 0.873. The van der Waals surface area contributed by atoms with Crippen LogP contribution in [-0.2, 0) is 11.3 Å². The van der Waals surface area contributed by atoms with Gasteiger partial charge in [-0.2, -0.15) is 4.39 Å². The van der Waals surface area contributed by atoms with E-state index in [1.54, 1.807) is 12.1 Å². The Hall–Kier alpha value is -2.12. The molecule has 2 saturated carbocycles. The molecule has 0 heterocycles. The van der Waals surface area contributed by atoms with Crippen molar-refractivity contribution in [1.29, 1.82) is 0 Å². The highest BCUT2D eigenvalue weighted by Gasteiger charge is 2.31. The minimum Gasteiger partial charge on any atom is -0.505 e. The number of aliphatic hydroxyl groups excluding tert-OH is 1. The summed E-state index contributed by atoms with van der Waals surface area (Å²) < 4.78 is 63.5. The second-order valence-electron chi connectivity index (χ2n) is 10.5. The summed E-state index contributed by atoms with van der Waals surface area (Å²) in [6.07, 6.45) is 6.88. The van der Waals surface area contributed by atoms with Crippen molar-refractivity contribution in [3.63, 3.8) is 0 Å². The van der Waals surface area contributed by atoms with Crippen LogP contribution in [0.3, 0.4) is 0 Å². The first kappa shape index (κ1) is 26.9. The standard InChI is InChI=1S/C29H36F4O3/c1-2-3-24(34)19-6-4-17(5-7-19)22-13-14-23(28(32)27(22)31)18-8-11-21(12-9-18)36-16-20-10-15-25(35)29(33)26(20)30/h10,13-15,17-19,21,24,34-35H,2-9,11-12,16H2,1H3. The Balaban J connectivity index is 1.32. The zero-order chi connectivity index (χ0) is 25.8. The largest absolute Gasteiger partial charge is 0.505 e. The van der Waals surface area contributed by atoms with Crippen LogP contribution in [0, 0.1) is 29.2 Å². The molecule has 2 aromatic rings. The lowest BCUT2D eigenvalue weighted by Gasteiger charge is -2.32. The number of rotatable bonds is 8. The molecule has 2 aliphatic rings. The summed E-state index contributed by atoms with van der Waals surface area (Å²) in [7, 11) is 0. The van der Waals surface area contributed by atoms with Crippen LogP contribution < -0.4 is 0 Å². The Bertz CT molecular complexity index is 1030. The van der Waals surface area contributed by atoms with E-state index in [2.05, 4.69) is 6.92 Å². The number of aromatic hydroxyl groups is 1. The highest BCUT2D eigenvalue weighted by atomic mass is 19.2. The quantitative estimate of drug-likeness (QED) is 0.361. The number of aliphatic hydroxyl groups is 1. The molecule has 2 fully saturated rings. The van der Waals surface area contributed by atoms with Gasteiger partial charge in [0.1, 0.15) is 0 Å². The average molecular weight is 509 g/mol. The fourth-order valence-corrected chi connectivity index (χ4v) is 6.00. The van der Waals surface area contributed by atoms with Gasteiger partial charge in [-0.15, -0.1) is 0 Å². The molecule has 1 unspecified atom stereocenters. The molecule has 0 aromatic heterocycles. The van der Waals surface area contributed by atoms with Gasteiger partial charge in [-0.05, 0) is 98.8 Å². The van der Waals surface area contributed by atoms with Gasteiger partial charge >= 0.3 is 0 Å². The highest BCUT2D eigenvalue weighted by Crippen LogP contribution is 2.42. The topological polar surface area (TPSA) is 49.7 Å². The minimum absolute atomic E-state index is 0.0205. The molecule has 36 heavy (non-hydrogen) atoms. The number of ether oxygens (including phenoxy) is 1. The number of phenolic OH excluding ortho intramolecular Hbond substituents is 1. The lowest BCUT2D eigenvalue weighted by molar-refractivity contribution is 0.0116. The van der Waals surface area contributed by atoms with Crippen molar-refractivity contribution in [1.82, 2.24) is 0 Å². The molecule has 2 N–H and O–H groups in total. The van der Waals surface area contributed by atoms with Gasteiger partial charge in [0.05, 0.1) is 18.8 Å². The van der Waals surface area contributed by atoms with Crippen LogP contribution in [0.25, 0.3) is 0 Å². The van der Waals surface area contributed by atoms with Crippen molar-refractivity contribution in [2.45, 2.75) is 102 Å². The Kier molecular flexibility index (Phi) is 8.94. The molecular weight excluding hydrogens is 472 g/mol. The molecular formula is C29H36F4O3. The van der Waals surface area contributed by atoms with E-state index in [1.165, 1.54) is 6.07 Å². The molecule has 0 radical (unpaired) electrons. The molecule has 0 aliphatic heterocycles. The first-order valence-corrected chi connectivity index (χ1v) is 13.2. The fraction of sp³-hybridized carbons (Fsp3) is 0.586. The van der Waals surface area contributed by atoms with Crippen molar-refractivity contribution < 1.29 is 32.5 Å². The number of phenols is 1. The number of hydrogen-bond acceptors (Lipinski definition) is 3. The maximum absolute atomic E-state index is 15.1. The summed E-state index contributed by atoms with van der Waals surface area (Å²) >= 11 is 0. The Morgan fingerprint density at radius 3 is 1.89 bits per heavy atom. The monoisotopic (exact) mass is 508 g/mol. The van der Waals surface area contributed by atoms with E-state index in [-0.39, 0.29) is 42.1 Å². The Morgan fingerprint density at radius 1 is 0.778 bits per heavy atom. The second kappa shape index (κ2) is 12.0. The zero-order valence-corrected chi connectivity index (χ0v) is 20.8. The van der Waals surface area contributed by atoms with Gasteiger partial charge in [-0.25, -0.2) is 13.2 Å². The smallest absolute Gasteiger partial charge is 0.200 e. The van der Waals surface area contributed by atoms with Gasteiger partial charge in [-0.1, -0.05) is 25.5 Å². The van der Waals surface area contributed by atoms with Crippen molar-refractivity contribution in [2.24, 2.45) is 5.92 Å².